The first-order chi connectivity index (χ1) is 15.0. The van der Waals surface area contributed by atoms with E-state index in [0.717, 1.165) is 11.3 Å². The molecular weight excluding hydrogens is 399 g/mol. The number of methoxy groups -OCH3 is 1. The van der Waals surface area contributed by atoms with Crippen molar-refractivity contribution >= 4 is 23.4 Å². The minimum atomic E-state index is -0.501. The SMILES string of the molecule is CCOc1cc2c(cc1N)C(N)N(c1ccc(Oc3ccc(F)cc3)c(OC)c1)C=N2. The minimum Gasteiger partial charge on any atom is -0.493 e. The summed E-state index contributed by atoms with van der Waals surface area (Å²) in [6.45, 7) is 2.41. The number of hydrogen-bond donors (Lipinski definition) is 2. The van der Waals surface area contributed by atoms with Crippen LogP contribution in [0.4, 0.5) is 21.5 Å². The fourth-order valence-corrected chi connectivity index (χ4v) is 3.34. The number of nitrogen functional groups attached to an aromatic ring is 1. The van der Waals surface area contributed by atoms with Crippen molar-refractivity contribution < 1.29 is 18.6 Å². The van der Waals surface area contributed by atoms with Gasteiger partial charge < -0.3 is 30.6 Å². The highest BCUT2D eigenvalue weighted by Gasteiger charge is 2.25. The van der Waals surface area contributed by atoms with Crippen LogP contribution in [0.3, 0.4) is 0 Å². The van der Waals surface area contributed by atoms with Crippen LogP contribution in [-0.2, 0) is 0 Å². The Morgan fingerprint density at radius 2 is 1.81 bits per heavy atom. The van der Waals surface area contributed by atoms with Crippen LogP contribution in [0.5, 0.6) is 23.0 Å². The van der Waals surface area contributed by atoms with E-state index >= 15 is 0 Å². The van der Waals surface area contributed by atoms with Gasteiger partial charge in [-0.3, -0.25) is 0 Å². The van der Waals surface area contributed by atoms with E-state index in [1.165, 1.54) is 12.1 Å². The van der Waals surface area contributed by atoms with Crippen molar-refractivity contribution in [3.05, 3.63) is 66.0 Å². The Kier molecular flexibility index (Phi) is 5.64. The van der Waals surface area contributed by atoms with Gasteiger partial charge in [0.1, 0.15) is 23.5 Å². The van der Waals surface area contributed by atoms with Gasteiger partial charge in [0.2, 0.25) is 0 Å². The van der Waals surface area contributed by atoms with E-state index in [1.54, 1.807) is 49.8 Å². The number of halogens is 1. The van der Waals surface area contributed by atoms with Gasteiger partial charge in [0, 0.05) is 23.4 Å². The van der Waals surface area contributed by atoms with Gasteiger partial charge >= 0.3 is 0 Å². The zero-order valence-electron chi connectivity index (χ0n) is 17.2. The molecule has 0 fully saturated rings. The Morgan fingerprint density at radius 3 is 2.52 bits per heavy atom. The number of nitrogens with two attached hydrogens (primary N) is 2. The predicted molar refractivity (Wildman–Crippen MR) is 119 cm³/mol. The summed E-state index contributed by atoms with van der Waals surface area (Å²) in [7, 11) is 1.55. The van der Waals surface area contributed by atoms with Crippen molar-refractivity contribution in [2.45, 2.75) is 13.1 Å². The van der Waals surface area contributed by atoms with Crippen molar-refractivity contribution in [1.29, 1.82) is 0 Å². The van der Waals surface area contributed by atoms with Crippen LogP contribution in [0.25, 0.3) is 0 Å². The number of benzene rings is 3. The maximum Gasteiger partial charge on any atom is 0.169 e. The molecule has 8 heteroatoms. The van der Waals surface area contributed by atoms with Gasteiger partial charge in [-0.25, -0.2) is 9.38 Å². The van der Waals surface area contributed by atoms with E-state index in [9.17, 15) is 4.39 Å². The molecule has 0 amide bonds. The topological polar surface area (TPSA) is 95.3 Å². The number of fused-ring (bicyclic) bond motifs is 1. The summed E-state index contributed by atoms with van der Waals surface area (Å²) in [5, 5.41) is 0. The van der Waals surface area contributed by atoms with Crippen molar-refractivity contribution in [2.75, 3.05) is 24.4 Å². The molecule has 7 nitrogen and oxygen atoms in total. The van der Waals surface area contributed by atoms with Crippen molar-refractivity contribution in [1.82, 2.24) is 0 Å². The molecule has 160 valence electrons. The summed E-state index contributed by atoms with van der Waals surface area (Å²) in [4.78, 5) is 6.33. The van der Waals surface area contributed by atoms with Gasteiger partial charge in [-0.15, -0.1) is 0 Å². The third kappa shape index (κ3) is 4.10. The van der Waals surface area contributed by atoms with E-state index in [0.29, 0.717) is 41.0 Å². The second-order valence-corrected chi connectivity index (χ2v) is 6.87. The molecule has 0 radical (unpaired) electrons. The maximum atomic E-state index is 13.1. The van der Waals surface area contributed by atoms with E-state index in [2.05, 4.69) is 4.99 Å². The van der Waals surface area contributed by atoms with Crippen LogP contribution in [0, 0.1) is 5.82 Å². The van der Waals surface area contributed by atoms with E-state index < -0.39 is 6.17 Å². The number of nitrogens with zero attached hydrogens (tertiary/aromatic N) is 2. The Morgan fingerprint density at radius 1 is 1.03 bits per heavy atom. The zero-order valence-corrected chi connectivity index (χ0v) is 17.2. The highest BCUT2D eigenvalue weighted by Crippen LogP contribution is 2.41. The minimum absolute atomic E-state index is 0.331. The quantitative estimate of drug-likeness (QED) is 0.557. The first-order valence-electron chi connectivity index (χ1n) is 9.76. The Bertz CT molecular complexity index is 1120. The van der Waals surface area contributed by atoms with Crippen molar-refractivity contribution in [3.63, 3.8) is 0 Å². The molecule has 3 aromatic carbocycles. The molecular formula is C23H23FN4O3. The van der Waals surface area contributed by atoms with Gasteiger partial charge in [0.25, 0.3) is 0 Å². The lowest BCUT2D eigenvalue weighted by molar-refractivity contribution is 0.342. The third-order valence-electron chi connectivity index (χ3n) is 4.89. The van der Waals surface area contributed by atoms with E-state index in [-0.39, 0.29) is 5.82 Å². The molecule has 4 N–H and O–H groups in total. The van der Waals surface area contributed by atoms with Crippen LogP contribution in [0.1, 0.15) is 18.7 Å². The summed E-state index contributed by atoms with van der Waals surface area (Å²) in [6, 6.07) is 14.8. The largest absolute Gasteiger partial charge is 0.493 e. The van der Waals surface area contributed by atoms with Crippen molar-refractivity contribution in [2.24, 2.45) is 10.7 Å². The van der Waals surface area contributed by atoms with Crippen molar-refractivity contribution in [3.8, 4) is 23.0 Å². The van der Waals surface area contributed by atoms with Gasteiger partial charge in [-0.05, 0) is 49.4 Å². The van der Waals surface area contributed by atoms with E-state index in [4.69, 9.17) is 25.7 Å². The van der Waals surface area contributed by atoms with E-state index in [1.807, 2.05) is 17.9 Å². The fourth-order valence-electron chi connectivity index (χ4n) is 3.34. The molecule has 0 saturated heterocycles. The smallest absolute Gasteiger partial charge is 0.169 e. The Labute approximate surface area is 179 Å². The molecule has 1 aliphatic rings. The fraction of sp³-hybridized carbons (Fsp3) is 0.174. The molecule has 1 aliphatic heterocycles. The van der Waals surface area contributed by atoms with Gasteiger partial charge in [0.15, 0.2) is 11.5 Å². The molecule has 0 aliphatic carbocycles. The molecule has 31 heavy (non-hydrogen) atoms. The molecule has 0 spiro atoms. The Hall–Kier alpha value is -3.78. The summed E-state index contributed by atoms with van der Waals surface area (Å²) in [6.07, 6.45) is 1.16. The highest BCUT2D eigenvalue weighted by atomic mass is 19.1. The zero-order chi connectivity index (χ0) is 22.0. The average molecular weight is 422 g/mol. The molecule has 4 rings (SSSR count). The number of hydrogen-bond acceptors (Lipinski definition) is 7. The van der Waals surface area contributed by atoms with Crippen LogP contribution in [0.2, 0.25) is 0 Å². The summed E-state index contributed by atoms with van der Waals surface area (Å²) in [5.41, 5.74) is 15.4. The first-order valence-corrected chi connectivity index (χ1v) is 9.76. The summed E-state index contributed by atoms with van der Waals surface area (Å²) >= 11 is 0. The van der Waals surface area contributed by atoms with Gasteiger partial charge in [0.05, 0.1) is 31.4 Å². The van der Waals surface area contributed by atoms with Gasteiger partial charge in [-0.1, -0.05) is 0 Å². The van der Waals surface area contributed by atoms with Crippen LogP contribution in [-0.4, -0.2) is 20.1 Å². The van der Waals surface area contributed by atoms with Crippen LogP contribution >= 0.6 is 0 Å². The van der Waals surface area contributed by atoms with Gasteiger partial charge in [-0.2, -0.15) is 0 Å². The first kappa shape index (κ1) is 20.5. The lowest BCUT2D eigenvalue weighted by atomic mass is 10.1. The monoisotopic (exact) mass is 422 g/mol. The molecule has 1 heterocycles. The van der Waals surface area contributed by atoms with Crippen LogP contribution in [0.15, 0.2) is 59.6 Å². The molecule has 0 aromatic heterocycles. The number of anilines is 2. The predicted octanol–water partition coefficient (Wildman–Crippen LogP) is 4.74. The lowest BCUT2D eigenvalue weighted by Gasteiger charge is -2.32. The second-order valence-electron chi connectivity index (χ2n) is 6.87. The summed E-state index contributed by atoms with van der Waals surface area (Å²) < 4.78 is 30.0. The van der Waals surface area contributed by atoms with Crippen LogP contribution < -0.4 is 30.6 Å². The lowest BCUT2D eigenvalue weighted by Crippen LogP contribution is -2.35. The molecule has 0 saturated carbocycles. The average Bonchev–Trinajstić information content (AvgIpc) is 2.77. The second kappa shape index (κ2) is 8.53. The Balaban J connectivity index is 1.62. The third-order valence-corrected chi connectivity index (χ3v) is 4.89. The molecule has 1 unspecified atom stereocenters. The summed E-state index contributed by atoms with van der Waals surface area (Å²) in [5.74, 6) is 1.74. The number of aliphatic imine (C=N–C) groups is 1. The molecule has 0 bridgehead atoms. The molecule has 3 aromatic rings. The normalized spacial score (nSPS) is 14.8. The number of rotatable bonds is 6. The maximum absolute atomic E-state index is 13.1. The highest BCUT2D eigenvalue weighted by molar-refractivity contribution is 5.87. The standard InChI is InChI=1S/C23H23FN4O3/c1-3-30-21-12-19-17(11-18(21)25)23(26)28(13-27-19)15-6-9-20(22(10-15)29-2)31-16-7-4-14(24)5-8-16/h4-13,23H,3,25-26H2,1-2H3. The number of ether oxygens (including phenoxy) is 3. The molecule has 1 atom stereocenters.